The fraction of sp³-hybridized carbons (Fsp3) is 0.387. The number of hydrogen-bond donors (Lipinski definition) is 1. The molecule has 2 aromatic heterocycles. The van der Waals surface area contributed by atoms with Crippen LogP contribution in [-0.2, 0) is 11.2 Å². The monoisotopic (exact) mass is 573 g/mol. The summed E-state index contributed by atoms with van der Waals surface area (Å²) in [7, 11) is 0. The van der Waals surface area contributed by atoms with Crippen molar-refractivity contribution in [3.05, 3.63) is 71.8 Å². The highest BCUT2D eigenvalue weighted by molar-refractivity contribution is 7.99. The van der Waals surface area contributed by atoms with Gasteiger partial charge in [-0.3, -0.25) is 4.79 Å². The Balaban J connectivity index is 1.18. The van der Waals surface area contributed by atoms with Crippen molar-refractivity contribution in [2.24, 2.45) is 0 Å². The summed E-state index contributed by atoms with van der Waals surface area (Å²) in [6, 6.07) is 13.3. The number of aryl methyl sites for hydroxylation is 1. The number of hydrogen-bond acceptors (Lipinski definition) is 7. The number of fused-ring (bicyclic) bond motifs is 1. The van der Waals surface area contributed by atoms with Gasteiger partial charge in [-0.1, -0.05) is 13.0 Å². The number of rotatable bonds is 7. The van der Waals surface area contributed by atoms with E-state index >= 15 is 4.39 Å². The minimum Gasteiger partial charge on any atom is -0.369 e. The fourth-order valence-corrected chi connectivity index (χ4v) is 6.53. The highest BCUT2D eigenvalue weighted by atomic mass is 32.2. The molecule has 4 aromatic rings. The fourth-order valence-electron chi connectivity index (χ4n) is 5.63. The van der Waals surface area contributed by atoms with Crippen LogP contribution in [0.3, 0.4) is 0 Å². The van der Waals surface area contributed by atoms with Crippen LogP contribution in [0.2, 0.25) is 0 Å². The highest BCUT2D eigenvalue weighted by Gasteiger charge is 2.20. The molecule has 8 nitrogen and oxygen atoms in total. The molecule has 1 amide bonds. The van der Waals surface area contributed by atoms with Gasteiger partial charge in [-0.2, -0.15) is 16.7 Å². The van der Waals surface area contributed by atoms with Gasteiger partial charge >= 0.3 is 0 Å². The Hall–Kier alpha value is -3.63. The average molecular weight is 574 g/mol. The lowest BCUT2D eigenvalue weighted by atomic mass is 10.1. The Bertz CT molecular complexity index is 1540. The van der Waals surface area contributed by atoms with Gasteiger partial charge in [0.15, 0.2) is 0 Å². The summed E-state index contributed by atoms with van der Waals surface area (Å²) < 4.78 is 17.0. The van der Waals surface area contributed by atoms with E-state index in [4.69, 9.17) is 4.98 Å². The van der Waals surface area contributed by atoms with E-state index in [1.54, 1.807) is 12.3 Å². The van der Waals surface area contributed by atoms with Gasteiger partial charge in [0.2, 0.25) is 11.9 Å². The molecule has 2 aromatic carbocycles. The van der Waals surface area contributed by atoms with Gasteiger partial charge in [0.05, 0.1) is 6.42 Å². The summed E-state index contributed by atoms with van der Waals surface area (Å²) in [4.78, 5) is 28.7. The second kappa shape index (κ2) is 12.1. The molecule has 2 aliphatic heterocycles. The zero-order valence-corrected chi connectivity index (χ0v) is 24.5. The van der Waals surface area contributed by atoms with Crippen molar-refractivity contribution < 1.29 is 9.18 Å². The van der Waals surface area contributed by atoms with Gasteiger partial charge in [-0.25, -0.2) is 9.37 Å². The van der Waals surface area contributed by atoms with Gasteiger partial charge < -0.3 is 24.6 Å². The van der Waals surface area contributed by atoms with Crippen LogP contribution in [0.15, 0.2) is 54.9 Å². The van der Waals surface area contributed by atoms with E-state index in [0.29, 0.717) is 22.8 Å². The van der Waals surface area contributed by atoms with Gasteiger partial charge in [-0.05, 0) is 61.0 Å². The first kappa shape index (κ1) is 27.5. The molecule has 0 radical (unpaired) electrons. The molecule has 2 aliphatic rings. The third-order valence-corrected chi connectivity index (χ3v) is 9.00. The lowest BCUT2D eigenvalue weighted by Crippen LogP contribution is -2.46. The SMILES string of the molecule is CCN1CCN(c2ccc(Nc3ncc4ccn(-c5ccc(CC(=O)N6CCSCC6)c(F)c5)c4n3)cc2C)CC1. The quantitative estimate of drug-likeness (QED) is 0.338. The number of piperazine rings is 1. The molecule has 0 bridgehead atoms. The first-order valence-corrected chi connectivity index (χ1v) is 15.5. The Morgan fingerprint density at radius 2 is 1.83 bits per heavy atom. The smallest absolute Gasteiger partial charge is 0.229 e. The molecule has 1 N–H and O–H groups in total. The van der Waals surface area contributed by atoms with E-state index in [1.165, 1.54) is 17.3 Å². The van der Waals surface area contributed by atoms with Crippen molar-refractivity contribution >= 4 is 46.0 Å². The largest absolute Gasteiger partial charge is 0.369 e. The summed E-state index contributed by atoms with van der Waals surface area (Å²) in [6.45, 7) is 11.2. The van der Waals surface area contributed by atoms with Crippen LogP contribution in [0, 0.1) is 12.7 Å². The predicted molar refractivity (Wildman–Crippen MR) is 165 cm³/mol. The average Bonchev–Trinajstić information content (AvgIpc) is 3.42. The molecule has 0 spiro atoms. The number of thioether (sulfide) groups is 1. The number of aromatic nitrogens is 3. The van der Waals surface area contributed by atoms with Crippen molar-refractivity contribution in [2.75, 3.05) is 67.5 Å². The molecule has 2 saturated heterocycles. The zero-order valence-electron chi connectivity index (χ0n) is 23.6. The van der Waals surface area contributed by atoms with Crippen LogP contribution in [0.4, 0.5) is 21.7 Å². The van der Waals surface area contributed by atoms with Crippen molar-refractivity contribution in [3.8, 4) is 5.69 Å². The number of carbonyl (C=O) groups excluding carboxylic acids is 1. The molecular weight excluding hydrogens is 537 g/mol. The summed E-state index contributed by atoms with van der Waals surface area (Å²) in [5.74, 6) is 1.95. The van der Waals surface area contributed by atoms with Gasteiger partial charge in [0.25, 0.3) is 0 Å². The second-order valence-electron chi connectivity index (χ2n) is 10.7. The molecule has 10 heteroatoms. The third kappa shape index (κ3) is 6.04. The van der Waals surface area contributed by atoms with Crippen molar-refractivity contribution in [2.45, 2.75) is 20.3 Å². The number of anilines is 3. The molecule has 6 rings (SSSR count). The molecule has 214 valence electrons. The number of likely N-dealkylation sites (N-methyl/N-ethyl adjacent to an activating group) is 1. The molecule has 0 aliphatic carbocycles. The predicted octanol–water partition coefficient (Wildman–Crippen LogP) is 4.87. The van der Waals surface area contributed by atoms with Crippen LogP contribution >= 0.6 is 11.8 Å². The minimum atomic E-state index is -0.386. The number of carbonyl (C=O) groups is 1. The summed E-state index contributed by atoms with van der Waals surface area (Å²) >= 11 is 1.85. The van der Waals surface area contributed by atoms with Crippen LogP contribution in [0.1, 0.15) is 18.1 Å². The molecule has 4 heterocycles. The maximum Gasteiger partial charge on any atom is 0.229 e. The molecular formula is C31H36FN7OS. The van der Waals surface area contributed by atoms with Crippen molar-refractivity contribution in [1.82, 2.24) is 24.3 Å². The number of halogens is 1. The zero-order chi connectivity index (χ0) is 28.3. The van der Waals surface area contributed by atoms with E-state index in [2.05, 4.69) is 52.1 Å². The van der Waals surface area contributed by atoms with E-state index < -0.39 is 0 Å². The number of benzene rings is 2. The van der Waals surface area contributed by atoms with Crippen LogP contribution < -0.4 is 10.2 Å². The Kier molecular flexibility index (Phi) is 8.11. The maximum atomic E-state index is 15.1. The topological polar surface area (TPSA) is 69.5 Å². The van der Waals surface area contributed by atoms with Crippen molar-refractivity contribution in [3.63, 3.8) is 0 Å². The van der Waals surface area contributed by atoms with Gasteiger partial charge in [0, 0.05) is 85.6 Å². The molecule has 0 atom stereocenters. The van der Waals surface area contributed by atoms with Crippen LogP contribution in [-0.4, -0.2) is 87.6 Å². The number of amides is 1. The Morgan fingerprint density at radius 1 is 1.02 bits per heavy atom. The third-order valence-electron chi connectivity index (χ3n) is 8.06. The molecule has 41 heavy (non-hydrogen) atoms. The summed E-state index contributed by atoms with van der Waals surface area (Å²) in [5.41, 5.74) is 5.13. The first-order chi connectivity index (χ1) is 20.0. The summed E-state index contributed by atoms with van der Waals surface area (Å²) in [6.07, 6.45) is 3.72. The van der Waals surface area contributed by atoms with E-state index in [-0.39, 0.29) is 18.1 Å². The lowest BCUT2D eigenvalue weighted by molar-refractivity contribution is -0.130. The first-order valence-electron chi connectivity index (χ1n) is 14.3. The molecule has 2 fully saturated rings. The van der Waals surface area contributed by atoms with Crippen LogP contribution in [0.5, 0.6) is 0 Å². The number of nitrogens with one attached hydrogen (secondary N) is 1. The second-order valence-corrected chi connectivity index (χ2v) is 11.9. The number of nitrogens with zero attached hydrogens (tertiary/aromatic N) is 6. The van der Waals surface area contributed by atoms with E-state index in [9.17, 15) is 4.79 Å². The van der Waals surface area contributed by atoms with E-state index in [0.717, 1.165) is 68.4 Å². The highest BCUT2D eigenvalue weighted by Crippen LogP contribution is 2.27. The molecule has 0 unspecified atom stereocenters. The standard InChI is InChI=1S/C31H36FN7OS/c1-3-36-10-12-37(13-11-36)28-7-5-25(18-22(28)2)34-31-33-21-24-8-9-39(30(24)35-31)26-6-4-23(27(32)20-26)19-29(40)38-14-16-41-17-15-38/h4-9,18,20-21H,3,10-17,19H2,1-2H3,(H,33,34,35). The Morgan fingerprint density at radius 3 is 2.56 bits per heavy atom. The Labute approximate surface area is 244 Å². The maximum absolute atomic E-state index is 15.1. The minimum absolute atomic E-state index is 0.0193. The van der Waals surface area contributed by atoms with Crippen LogP contribution in [0.25, 0.3) is 16.7 Å². The lowest BCUT2D eigenvalue weighted by Gasteiger charge is -2.36. The molecule has 0 saturated carbocycles. The van der Waals surface area contributed by atoms with E-state index in [1.807, 2.05) is 39.6 Å². The summed E-state index contributed by atoms with van der Waals surface area (Å²) in [5, 5.41) is 4.20. The normalized spacial score (nSPS) is 16.4. The van der Waals surface area contributed by atoms with Gasteiger partial charge in [0.1, 0.15) is 11.5 Å². The van der Waals surface area contributed by atoms with Crippen molar-refractivity contribution in [1.29, 1.82) is 0 Å². The van der Waals surface area contributed by atoms with Gasteiger partial charge in [-0.15, -0.1) is 0 Å².